The van der Waals surface area contributed by atoms with Gasteiger partial charge in [0.15, 0.2) is 5.78 Å². The molecule has 0 N–H and O–H groups in total. The van der Waals surface area contributed by atoms with E-state index in [0.717, 1.165) is 16.6 Å². The van der Waals surface area contributed by atoms with E-state index in [2.05, 4.69) is 15.9 Å². The summed E-state index contributed by atoms with van der Waals surface area (Å²) in [4.78, 5) is 13.5. The Hall–Kier alpha value is -0.830. The van der Waals surface area contributed by atoms with E-state index in [9.17, 15) is 4.79 Å². The van der Waals surface area contributed by atoms with Gasteiger partial charge in [0.1, 0.15) is 0 Å². The van der Waals surface area contributed by atoms with E-state index in [1.165, 1.54) is 0 Å². The second-order valence-corrected chi connectivity index (χ2v) is 4.10. The zero-order valence-electron chi connectivity index (χ0n) is 8.46. The minimum Gasteiger partial charge on any atom is -0.378 e. The van der Waals surface area contributed by atoms with Crippen LogP contribution < -0.4 is 4.90 Å². The summed E-state index contributed by atoms with van der Waals surface area (Å²) in [6.07, 6.45) is 0.557. The van der Waals surface area contributed by atoms with Crippen LogP contribution in [0.3, 0.4) is 0 Å². The molecule has 0 bridgehead atoms. The van der Waals surface area contributed by atoms with Gasteiger partial charge >= 0.3 is 0 Å². The second-order valence-electron chi connectivity index (χ2n) is 3.30. The fourth-order valence-electron chi connectivity index (χ4n) is 1.18. The number of Topliss-reactive ketones (excluding diaryl/α,β-unsaturated/α-hetero) is 1. The first kappa shape index (κ1) is 11.2. The van der Waals surface area contributed by atoms with E-state index in [1.54, 1.807) is 0 Å². The Balaban J connectivity index is 2.78. The first-order chi connectivity index (χ1) is 6.65. The molecule has 0 aliphatic rings. The molecule has 76 valence electrons. The summed E-state index contributed by atoms with van der Waals surface area (Å²) in [6.45, 7) is 0. The number of anilines is 1. The maximum Gasteiger partial charge on any atom is 0.163 e. The van der Waals surface area contributed by atoms with Crippen molar-refractivity contribution in [3.63, 3.8) is 0 Å². The van der Waals surface area contributed by atoms with Crippen molar-refractivity contribution in [2.45, 2.75) is 6.42 Å². The van der Waals surface area contributed by atoms with Crippen molar-refractivity contribution in [1.82, 2.24) is 0 Å². The summed E-state index contributed by atoms with van der Waals surface area (Å²) in [7, 11) is 3.96. The van der Waals surface area contributed by atoms with Crippen molar-refractivity contribution in [3.8, 4) is 0 Å². The molecule has 0 heterocycles. The zero-order valence-corrected chi connectivity index (χ0v) is 10.0. The van der Waals surface area contributed by atoms with Crippen molar-refractivity contribution in [2.24, 2.45) is 0 Å². The lowest BCUT2D eigenvalue weighted by Gasteiger charge is -2.12. The molecule has 2 nitrogen and oxygen atoms in total. The van der Waals surface area contributed by atoms with E-state index in [-0.39, 0.29) is 5.78 Å². The second kappa shape index (κ2) is 5.15. The Labute approximate surface area is 93.0 Å². The van der Waals surface area contributed by atoms with Crippen LogP contribution in [-0.4, -0.2) is 25.2 Å². The number of hydrogen-bond donors (Lipinski definition) is 0. The molecule has 3 heteroatoms. The smallest absolute Gasteiger partial charge is 0.163 e. The lowest BCUT2D eigenvalue weighted by atomic mass is 10.1. The minimum atomic E-state index is 0.187. The number of ketones is 1. The lowest BCUT2D eigenvalue weighted by molar-refractivity contribution is 0.0990. The van der Waals surface area contributed by atoms with Crippen LogP contribution in [0, 0.1) is 0 Å². The average Bonchev–Trinajstić information content (AvgIpc) is 2.18. The van der Waals surface area contributed by atoms with Gasteiger partial charge in [-0.05, 0) is 24.3 Å². The first-order valence-corrected chi connectivity index (χ1v) is 5.64. The van der Waals surface area contributed by atoms with Crippen molar-refractivity contribution < 1.29 is 4.79 Å². The fraction of sp³-hybridized carbons (Fsp3) is 0.364. The monoisotopic (exact) mass is 255 g/mol. The first-order valence-electron chi connectivity index (χ1n) is 4.51. The number of nitrogens with zero attached hydrogens (tertiary/aromatic N) is 1. The van der Waals surface area contributed by atoms with E-state index in [1.807, 2.05) is 43.3 Å². The zero-order chi connectivity index (χ0) is 10.6. The summed E-state index contributed by atoms with van der Waals surface area (Å²) in [5, 5.41) is 0.723. The molecule has 14 heavy (non-hydrogen) atoms. The summed E-state index contributed by atoms with van der Waals surface area (Å²) in [5.41, 5.74) is 1.90. The van der Waals surface area contributed by atoms with Crippen LogP contribution in [0.5, 0.6) is 0 Å². The van der Waals surface area contributed by atoms with Crippen LogP contribution in [0.25, 0.3) is 0 Å². The molecule has 1 rings (SSSR count). The largest absolute Gasteiger partial charge is 0.378 e. The highest BCUT2D eigenvalue weighted by Crippen LogP contribution is 2.13. The highest BCUT2D eigenvalue weighted by molar-refractivity contribution is 9.09. The van der Waals surface area contributed by atoms with Crippen LogP contribution in [-0.2, 0) is 0 Å². The number of carbonyl (C=O) groups excluding carboxylic acids is 1. The third-order valence-corrected chi connectivity index (χ3v) is 2.42. The average molecular weight is 256 g/mol. The van der Waals surface area contributed by atoms with Crippen LogP contribution in [0.15, 0.2) is 24.3 Å². The van der Waals surface area contributed by atoms with Gasteiger partial charge in [0.25, 0.3) is 0 Å². The van der Waals surface area contributed by atoms with Crippen molar-refractivity contribution >= 4 is 27.4 Å². The maximum absolute atomic E-state index is 11.5. The molecular weight excluding hydrogens is 242 g/mol. The molecule has 0 saturated heterocycles. The number of alkyl halides is 1. The normalized spacial score (nSPS) is 9.93. The topological polar surface area (TPSA) is 20.3 Å². The van der Waals surface area contributed by atoms with Gasteiger partial charge in [0.2, 0.25) is 0 Å². The van der Waals surface area contributed by atoms with Crippen LogP contribution >= 0.6 is 15.9 Å². The molecule has 0 aliphatic heterocycles. The van der Waals surface area contributed by atoms with Gasteiger partial charge in [-0.25, -0.2) is 0 Å². The lowest BCUT2D eigenvalue weighted by Crippen LogP contribution is -2.08. The molecule has 1 aromatic carbocycles. The summed E-state index contributed by atoms with van der Waals surface area (Å²) in [6, 6.07) is 7.67. The molecule has 0 atom stereocenters. The number of halogens is 1. The highest BCUT2D eigenvalue weighted by Gasteiger charge is 2.04. The number of carbonyl (C=O) groups is 1. The Kier molecular flexibility index (Phi) is 4.14. The Morgan fingerprint density at radius 2 is 1.86 bits per heavy atom. The number of rotatable bonds is 4. The van der Waals surface area contributed by atoms with Gasteiger partial charge in [-0.1, -0.05) is 15.9 Å². The van der Waals surface area contributed by atoms with Gasteiger partial charge in [0, 0.05) is 37.1 Å². The molecule has 0 radical (unpaired) electrons. The number of benzene rings is 1. The maximum atomic E-state index is 11.5. The summed E-state index contributed by atoms with van der Waals surface area (Å²) < 4.78 is 0. The van der Waals surface area contributed by atoms with Crippen molar-refractivity contribution in [3.05, 3.63) is 29.8 Å². The van der Waals surface area contributed by atoms with E-state index >= 15 is 0 Å². The van der Waals surface area contributed by atoms with Crippen LogP contribution in [0.1, 0.15) is 16.8 Å². The molecule has 0 aliphatic carbocycles. The Bertz CT molecular complexity index is 306. The van der Waals surface area contributed by atoms with Gasteiger partial charge in [-0.2, -0.15) is 0 Å². The Morgan fingerprint density at radius 3 is 2.29 bits per heavy atom. The van der Waals surface area contributed by atoms with Gasteiger partial charge in [0.05, 0.1) is 0 Å². The number of hydrogen-bond acceptors (Lipinski definition) is 2. The van der Waals surface area contributed by atoms with Crippen molar-refractivity contribution in [1.29, 1.82) is 0 Å². The summed E-state index contributed by atoms with van der Waals surface area (Å²) >= 11 is 3.26. The molecule has 0 aromatic heterocycles. The minimum absolute atomic E-state index is 0.187. The van der Waals surface area contributed by atoms with Crippen LogP contribution in [0.4, 0.5) is 5.69 Å². The van der Waals surface area contributed by atoms with E-state index in [4.69, 9.17) is 0 Å². The molecule has 0 unspecified atom stereocenters. The van der Waals surface area contributed by atoms with Gasteiger partial charge < -0.3 is 4.90 Å². The molecule has 1 aromatic rings. The third kappa shape index (κ3) is 2.84. The predicted molar refractivity (Wildman–Crippen MR) is 63.5 cm³/mol. The molecule has 0 amide bonds. The van der Waals surface area contributed by atoms with Gasteiger partial charge in [-0.3, -0.25) is 4.79 Å². The standard InChI is InChI=1S/C11H14BrNO/c1-13(2)10-5-3-9(4-6-10)11(14)7-8-12/h3-6H,7-8H2,1-2H3. The fourth-order valence-corrected chi connectivity index (χ4v) is 1.54. The van der Waals surface area contributed by atoms with E-state index in [0.29, 0.717) is 6.42 Å². The highest BCUT2D eigenvalue weighted by atomic mass is 79.9. The van der Waals surface area contributed by atoms with E-state index < -0.39 is 0 Å². The molecule has 0 saturated carbocycles. The quantitative estimate of drug-likeness (QED) is 0.609. The summed E-state index contributed by atoms with van der Waals surface area (Å²) in [5.74, 6) is 0.187. The van der Waals surface area contributed by atoms with Crippen molar-refractivity contribution in [2.75, 3.05) is 24.3 Å². The molecule has 0 spiro atoms. The third-order valence-electron chi connectivity index (χ3n) is 2.03. The van der Waals surface area contributed by atoms with Crippen LogP contribution in [0.2, 0.25) is 0 Å². The predicted octanol–water partition coefficient (Wildman–Crippen LogP) is 2.72. The SMILES string of the molecule is CN(C)c1ccc(C(=O)CCBr)cc1. The molecular formula is C11H14BrNO. The molecule has 0 fully saturated rings. The Morgan fingerprint density at radius 1 is 1.29 bits per heavy atom. The van der Waals surface area contributed by atoms with Gasteiger partial charge in [-0.15, -0.1) is 0 Å².